The molecule has 0 saturated carbocycles. The highest BCUT2D eigenvalue weighted by atomic mass is 127. The summed E-state index contributed by atoms with van der Waals surface area (Å²) >= 11 is 0. The van der Waals surface area contributed by atoms with Crippen molar-refractivity contribution in [2.75, 3.05) is 39.8 Å². The molecule has 0 spiro atoms. The van der Waals surface area contributed by atoms with Crippen molar-refractivity contribution in [1.82, 2.24) is 25.8 Å². The highest BCUT2D eigenvalue weighted by molar-refractivity contribution is 14.0. The van der Waals surface area contributed by atoms with Crippen molar-refractivity contribution in [3.05, 3.63) is 24.2 Å². The van der Waals surface area contributed by atoms with E-state index in [0.717, 1.165) is 18.8 Å². The van der Waals surface area contributed by atoms with Crippen molar-refractivity contribution in [2.45, 2.75) is 51.1 Å². The number of hydrogen-bond donors (Lipinski definition) is 3. The number of nitrogens with one attached hydrogen (secondary N) is 3. The first-order valence-electron chi connectivity index (χ1n) is 10.8. The van der Waals surface area contributed by atoms with Gasteiger partial charge in [0.05, 0.1) is 12.3 Å². The van der Waals surface area contributed by atoms with Crippen LogP contribution in [0.25, 0.3) is 0 Å². The average molecular weight is 546 g/mol. The smallest absolute Gasteiger partial charge is 0.325 e. The van der Waals surface area contributed by atoms with Gasteiger partial charge in [-0.3, -0.25) is 19.6 Å². The van der Waals surface area contributed by atoms with E-state index in [9.17, 15) is 9.59 Å². The minimum Gasteiger partial charge on any atom is -0.468 e. The Balaban J connectivity index is 0.00000341. The summed E-state index contributed by atoms with van der Waals surface area (Å²) in [5.41, 5.74) is -0.779. The lowest BCUT2D eigenvalue weighted by molar-refractivity contribution is -0.130. The summed E-state index contributed by atoms with van der Waals surface area (Å²) < 4.78 is 5.66. The average Bonchev–Trinajstić information content (AvgIpc) is 3.49. The standard InChI is InChI=1S/C21H34N6O3.HI/c1-4-21(2)18(28)27(20(29)25-21)13-8-10-23-19(22-3)24-15-16(17-9-7-14-30-17)26-11-5-6-12-26;/h7,9,14,16H,4-6,8,10-13,15H2,1-3H3,(H,25,29)(H2,22,23,24);1H. The Kier molecular flexibility index (Phi) is 9.60. The molecule has 2 aliphatic heterocycles. The lowest BCUT2D eigenvalue weighted by Gasteiger charge is -2.26. The number of carbonyl (C=O) groups excluding carboxylic acids is 2. The van der Waals surface area contributed by atoms with Gasteiger partial charge in [-0.15, -0.1) is 24.0 Å². The van der Waals surface area contributed by atoms with Crippen molar-refractivity contribution in [1.29, 1.82) is 0 Å². The fourth-order valence-corrected chi connectivity index (χ4v) is 3.99. The number of hydrogen-bond acceptors (Lipinski definition) is 5. The fraction of sp³-hybridized carbons (Fsp3) is 0.667. The molecular formula is C21H35IN6O3. The molecule has 174 valence electrons. The zero-order valence-electron chi connectivity index (χ0n) is 18.6. The first-order chi connectivity index (χ1) is 14.5. The molecule has 3 heterocycles. The number of carbonyl (C=O) groups is 2. The summed E-state index contributed by atoms with van der Waals surface area (Å²) in [6, 6.07) is 3.80. The van der Waals surface area contributed by atoms with E-state index in [1.165, 1.54) is 17.7 Å². The number of halogens is 1. The number of likely N-dealkylation sites (tertiary alicyclic amines) is 1. The van der Waals surface area contributed by atoms with E-state index in [4.69, 9.17) is 4.42 Å². The third-order valence-corrected chi connectivity index (χ3v) is 6.04. The number of nitrogens with zero attached hydrogens (tertiary/aromatic N) is 3. The molecule has 2 saturated heterocycles. The number of imide groups is 1. The van der Waals surface area contributed by atoms with Crippen LogP contribution in [0.5, 0.6) is 0 Å². The van der Waals surface area contributed by atoms with Crippen LogP contribution in [-0.4, -0.2) is 73.0 Å². The van der Waals surface area contributed by atoms with Crippen molar-refractivity contribution in [2.24, 2.45) is 4.99 Å². The summed E-state index contributed by atoms with van der Waals surface area (Å²) in [4.78, 5) is 32.6. The van der Waals surface area contributed by atoms with E-state index < -0.39 is 5.54 Å². The first-order valence-corrected chi connectivity index (χ1v) is 10.8. The van der Waals surface area contributed by atoms with Gasteiger partial charge in [0.25, 0.3) is 5.91 Å². The molecule has 2 aliphatic rings. The third-order valence-electron chi connectivity index (χ3n) is 6.04. The molecule has 1 aromatic heterocycles. The van der Waals surface area contributed by atoms with Crippen LogP contribution in [0.1, 0.15) is 51.3 Å². The number of amides is 3. The Morgan fingerprint density at radius 3 is 2.65 bits per heavy atom. The predicted molar refractivity (Wildman–Crippen MR) is 131 cm³/mol. The van der Waals surface area contributed by atoms with Crippen LogP contribution in [0.3, 0.4) is 0 Å². The zero-order valence-corrected chi connectivity index (χ0v) is 21.0. The van der Waals surface area contributed by atoms with Crippen LogP contribution in [0, 0.1) is 0 Å². The van der Waals surface area contributed by atoms with Crippen molar-refractivity contribution >= 4 is 41.9 Å². The molecule has 0 aliphatic carbocycles. The van der Waals surface area contributed by atoms with E-state index in [1.54, 1.807) is 20.2 Å². The molecule has 0 bridgehead atoms. The number of urea groups is 1. The minimum atomic E-state index is -0.779. The monoisotopic (exact) mass is 546 g/mol. The summed E-state index contributed by atoms with van der Waals surface area (Å²) in [5, 5.41) is 9.43. The molecule has 3 rings (SSSR count). The molecule has 10 heteroatoms. The summed E-state index contributed by atoms with van der Waals surface area (Å²) in [5.74, 6) is 1.50. The molecule has 3 N–H and O–H groups in total. The van der Waals surface area contributed by atoms with Gasteiger partial charge in [-0.2, -0.15) is 0 Å². The second-order valence-electron chi connectivity index (χ2n) is 8.08. The topological polar surface area (TPSA) is 102 Å². The maximum atomic E-state index is 12.4. The van der Waals surface area contributed by atoms with Crippen molar-refractivity contribution in [3.8, 4) is 0 Å². The van der Waals surface area contributed by atoms with Gasteiger partial charge in [-0.25, -0.2) is 4.79 Å². The molecule has 2 unspecified atom stereocenters. The Labute approximate surface area is 201 Å². The Morgan fingerprint density at radius 2 is 2.06 bits per heavy atom. The van der Waals surface area contributed by atoms with Crippen LogP contribution < -0.4 is 16.0 Å². The van der Waals surface area contributed by atoms with E-state index >= 15 is 0 Å². The lowest BCUT2D eigenvalue weighted by atomic mass is 9.99. The van der Waals surface area contributed by atoms with Crippen molar-refractivity contribution < 1.29 is 14.0 Å². The molecule has 2 fully saturated rings. The Hall–Kier alpha value is -1.82. The molecular weight excluding hydrogens is 511 g/mol. The SMILES string of the molecule is CCC1(C)NC(=O)N(CCCNC(=NC)NCC(c2ccco2)N2CCCC2)C1=O.I. The van der Waals surface area contributed by atoms with Gasteiger partial charge >= 0.3 is 6.03 Å². The van der Waals surface area contributed by atoms with Gasteiger partial charge in [-0.1, -0.05) is 6.92 Å². The van der Waals surface area contributed by atoms with Gasteiger partial charge in [0, 0.05) is 26.7 Å². The van der Waals surface area contributed by atoms with Gasteiger partial charge in [0.15, 0.2) is 5.96 Å². The molecule has 1 aromatic rings. The maximum absolute atomic E-state index is 12.4. The molecule has 9 nitrogen and oxygen atoms in total. The first kappa shape index (κ1) is 25.4. The number of furan rings is 1. The van der Waals surface area contributed by atoms with Gasteiger partial charge in [0.2, 0.25) is 0 Å². The Bertz CT molecular complexity index is 750. The van der Waals surface area contributed by atoms with Crippen molar-refractivity contribution in [3.63, 3.8) is 0 Å². The molecule has 3 amide bonds. The molecule has 0 radical (unpaired) electrons. The summed E-state index contributed by atoms with van der Waals surface area (Å²) in [7, 11) is 1.73. The van der Waals surface area contributed by atoms with Crippen LogP contribution >= 0.6 is 24.0 Å². The van der Waals surface area contributed by atoms with E-state index in [2.05, 4.69) is 25.8 Å². The molecule has 31 heavy (non-hydrogen) atoms. The van der Waals surface area contributed by atoms with Gasteiger partial charge < -0.3 is 20.4 Å². The largest absolute Gasteiger partial charge is 0.468 e. The minimum absolute atomic E-state index is 0. The van der Waals surface area contributed by atoms with Crippen LogP contribution in [0.15, 0.2) is 27.8 Å². The Morgan fingerprint density at radius 1 is 1.32 bits per heavy atom. The fourth-order valence-electron chi connectivity index (χ4n) is 3.99. The second kappa shape index (κ2) is 11.7. The van der Waals surface area contributed by atoms with Gasteiger partial charge in [-0.05, 0) is 57.8 Å². The van der Waals surface area contributed by atoms with E-state index in [0.29, 0.717) is 38.4 Å². The summed E-state index contributed by atoms with van der Waals surface area (Å²) in [6.45, 7) is 7.49. The summed E-state index contributed by atoms with van der Waals surface area (Å²) in [6.07, 6.45) is 5.36. The number of aliphatic imine (C=N–C) groups is 1. The normalized spacial score (nSPS) is 22.9. The third kappa shape index (κ3) is 6.12. The molecule has 2 atom stereocenters. The quantitative estimate of drug-likeness (QED) is 0.145. The number of guanidine groups is 1. The van der Waals surface area contributed by atoms with Gasteiger partial charge in [0.1, 0.15) is 11.3 Å². The molecule has 0 aromatic carbocycles. The zero-order chi connectivity index (χ0) is 21.6. The van der Waals surface area contributed by atoms with E-state index in [1.807, 2.05) is 19.1 Å². The van der Waals surface area contributed by atoms with Crippen LogP contribution in [0.4, 0.5) is 4.79 Å². The second-order valence-corrected chi connectivity index (χ2v) is 8.08. The predicted octanol–water partition coefficient (Wildman–Crippen LogP) is 2.31. The number of rotatable bonds is 9. The van der Waals surface area contributed by atoms with E-state index in [-0.39, 0.29) is 42.0 Å². The van der Waals surface area contributed by atoms with Crippen LogP contribution in [-0.2, 0) is 4.79 Å². The lowest BCUT2D eigenvalue weighted by Crippen LogP contribution is -2.44. The maximum Gasteiger partial charge on any atom is 0.325 e. The van der Waals surface area contributed by atoms with Crippen LogP contribution in [0.2, 0.25) is 0 Å². The highest BCUT2D eigenvalue weighted by Gasteiger charge is 2.45. The highest BCUT2D eigenvalue weighted by Crippen LogP contribution is 2.25.